The number of hydrogen-bond acceptors (Lipinski definition) is 3. The molecule has 3 nitrogen and oxygen atoms in total. The SMILES string of the molecule is CCC=CN(CC(=O)OCC)Cc1ccccc1. The third-order valence-corrected chi connectivity index (χ3v) is 2.42. The third kappa shape index (κ3) is 5.53. The molecule has 98 valence electrons. The standard InChI is InChI=1S/C15H21NO2/c1-3-5-11-16(13-15(17)18-4-2)12-14-9-7-6-8-10-14/h5-11H,3-4,12-13H2,1-2H3. The number of carbonyl (C=O) groups is 1. The molecular weight excluding hydrogens is 226 g/mol. The highest BCUT2D eigenvalue weighted by atomic mass is 16.5. The van der Waals surface area contributed by atoms with Crippen LogP contribution in [0.2, 0.25) is 0 Å². The van der Waals surface area contributed by atoms with Gasteiger partial charge in [-0.1, -0.05) is 43.3 Å². The first kappa shape index (κ1) is 14.3. The van der Waals surface area contributed by atoms with Gasteiger partial charge in [0.05, 0.1) is 6.61 Å². The molecule has 3 heteroatoms. The smallest absolute Gasteiger partial charge is 0.325 e. The summed E-state index contributed by atoms with van der Waals surface area (Å²) in [6.07, 6.45) is 4.96. The van der Waals surface area contributed by atoms with Crippen LogP contribution in [-0.4, -0.2) is 24.0 Å². The summed E-state index contributed by atoms with van der Waals surface area (Å²) in [6, 6.07) is 10.1. The molecule has 0 aliphatic rings. The lowest BCUT2D eigenvalue weighted by Crippen LogP contribution is -2.26. The Kier molecular flexibility index (Phi) is 6.62. The van der Waals surface area contributed by atoms with Crippen LogP contribution in [0.1, 0.15) is 25.8 Å². The topological polar surface area (TPSA) is 29.5 Å². The van der Waals surface area contributed by atoms with Gasteiger partial charge >= 0.3 is 5.97 Å². The van der Waals surface area contributed by atoms with Gasteiger partial charge in [-0.05, 0) is 25.1 Å². The number of hydrogen-bond donors (Lipinski definition) is 0. The molecule has 0 aliphatic carbocycles. The highest BCUT2D eigenvalue weighted by Gasteiger charge is 2.08. The number of carbonyl (C=O) groups excluding carboxylic acids is 1. The fourth-order valence-corrected chi connectivity index (χ4v) is 1.61. The Morgan fingerprint density at radius 1 is 1.28 bits per heavy atom. The molecule has 0 atom stereocenters. The van der Waals surface area contributed by atoms with Crippen LogP contribution < -0.4 is 0 Å². The second kappa shape index (κ2) is 8.34. The van der Waals surface area contributed by atoms with Gasteiger partial charge in [0.1, 0.15) is 6.54 Å². The lowest BCUT2D eigenvalue weighted by Gasteiger charge is -2.19. The zero-order chi connectivity index (χ0) is 13.2. The number of esters is 1. The largest absolute Gasteiger partial charge is 0.465 e. The normalized spacial score (nSPS) is 10.6. The molecule has 0 saturated heterocycles. The monoisotopic (exact) mass is 247 g/mol. The Hall–Kier alpha value is -1.77. The summed E-state index contributed by atoms with van der Waals surface area (Å²) in [4.78, 5) is 13.5. The van der Waals surface area contributed by atoms with Crippen LogP contribution in [0.3, 0.4) is 0 Å². The molecule has 0 bridgehead atoms. The van der Waals surface area contributed by atoms with Crippen LogP contribution in [0.15, 0.2) is 42.6 Å². The van der Waals surface area contributed by atoms with Gasteiger partial charge in [0.15, 0.2) is 0 Å². The van der Waals surface area contributed by atoms with Gasteiger partial charge in [-0.2, -0.15) is 0 Å². The van der Waals surface area contributed by atoms with Crippen LogP contribution >= 0.6 is 0 Å². The predicted octanol–water partition coefficient (Wildman–Crippen LogP) is 2.98. The van der Waals surface area contributed by atoms with Crippen LogP contribution in [0.5, 0.6) is 0 Å². The van der Waals surface area contributed by atoms with Crippen molar-refractivity contribution in [2.75, 3.05) is 13.2 Å². The fraction of sp³-hybridized carbons (Fsp3) is 0.400. The van der Waals surface area contributed by atoms with Crippen LogP contribution in [-0.2, 0) is 16.1 Å². The molecule has 0 radical (unpaired) electrons. The van der Waals surface area contributed by atoms with Crippen molar-refractivity contribution < 1.29 is 9.53 Å². The number of ether oxygens (including phenoxy) is 1. The minimum Gasteiger partial charge on any atom is -0.465 e. The molecule has 0 aliphatic heterocycles. The molecule has 0 saturated carbocycles. The first-order valence-corrected chi connectivity index (χ1v) is 6.36. The van der Waals surface area contributed by atoms with Crippen molar-refractivity contribution >= 4 is 5.97 Å². The van der Waals surface area contributed by atoms with E-state index >= 15 is 0 Å². The summed E-state index contributed by atoms with van der Waals surface area (Å²) in [6.45, 7) is 5.33. The van der Waals surface area contributed by atoms with Crippen LogP contribution in [0, 0.1) is 0 Å². The first-order valence-electron chi connectivity index (χ1n) is 6.36. The molecule has 0 unspecified atom stereocenters. The van der Waals surface area contributed by atoms with Crippen molar-refractivity contribution in [2.24, 2.45) is 0 Å². The average Bonchev–Trinajstić information content (AvgIpc) is 2.37. The number of allylic oxidation sites excluding steroid dienone is 1. The van der Waals surface area contributed by atoms with E-state index in [1.807, 2.05) is 42.3 Å². The van der Waals surface area contributed by atoms with E-state index in [0.29, 0.717) is 13.2 Å². The van der Waals surface area contributed by atoms with Gasteiger partial charge in [0, 0.05) is 6.54 Å². The number of benzene rings is 1. The molecule has 0 heterocycles. The molecule has 0 spiro atoms. The van der Waals surface area contributed by atoms with Crippen LogP contribution in [0.4, 0.5) is 0 Å². The van der Waals surface area contributed by atoms with E-state index in [1.54, 1.807) is 0 Å². The maximum atomic E-state index is 11.5. The average molecular weight is 247 g/mol. The summed E-state index contributed by atoms with van der Waals surface area (Å²) in [5.41, 5.74) is 1.18. The Labute approximate surface area is 109 Å². The Morgan fingerprint density at radius 2 is 2.00 bits per heavy atom. The summed E-state index contributed by atoms with van der Waals surface area (Å²) < 4.78 is 4.98. The van der Waals surface area contributed by atoms with Gasteiger partial charge < -0.3 is 9.64 Å². The summed E-state index contributed by atoms with van der Waals surface area (Å²) >= 11 is 0. The maximum Gasteiger partial charge on any atom is 0.325 e. The molecule has 18 heavy (non-hydrogen) atoms. The van der Waals surface area contributed by atoms with Crippen LogP contribution in [0.25, 0.3) is 0 Å². The van der Waals surface area contributed by atoms with E-state index in [0.717, 1.165) is 13.0 Å². The summed E-state index contributed by atoms with van der Waals surface area (Å²) in [5, 5.41) is 0. The molecule has 0 fully saturated rings. The van der Waals surface area contributed by atoms with Gasteiger partial charge in [-0.25, -0.2) is 0 Å². The van der Waals surface area contributed by atoms with Crippen molar-refractivity contribution in [3.05, 3.63) is 48.2 Å². The molecule has 1 aromatic carbocycles. The van der Waals surface area contributed by atoms with E-state index in [-0.39, 0.29) is 5.97 Å². The summed E-state index contributed by atoms with van der Waals surface area (Å²) in [7, 11) is 0. The lowest BCUT2D eigenvalue weighted by atomic mass is 10.2. The minimum absolute atomic E-state index is 0.186. The van der Waals surface area contributed by atoms with Crippen molar-refractivity contribution in [2.45, 2.75) is 26.8 Å². The fourth-order valence-electron chi connectivity index (χ4n) is 1.61. The minimum atomic E-state index is -0.186. The van der Waals surface area contributed by atoms with Gasteiger partial charge in [-0.3, -0.25) is 4.79 Å². The second-order valence-corrected chi connectivity index (χ2v) is 3.99. The molecular formula is C15H21NO2. The summed E-state index contributed by atoms with van der Waals surface area (Å²) in [5.74, 6) is -0.186. The quantitative estimate of drug-likeness (QED) is 0.694. The van der Waals surface area contributed by atoms with E-state index in [4.69, 9.17) is 4.74 Å². The van der Waals surface area contributed by atoms with Gasteiger partial charge in [0.2, 0.25) is 0 Å². The molecule has 0 N–H and O–H groups in total. The van der Waals surface area contributed by atoms with Gasteiger partial charge in [0.25, 0.3) is 0 Å². The third-order valence-electron chi connectivity index (χ3n) is 2.42. The highest BCUT2D eigenvalue weighted by Crippen LogP contribution is 2.05. The van der Waals surface area contributed by atoms with E-state index < -0.39 is 0 Å². The number of rotatable bonds is 7. The van der Waals surface area contributed by atoms with E-state index in [2.05, 4.69) is 19.1 Å². The maximum absolute atomic E-state index is 11.5. The van der Waals surface area contributed by atoms with E-state index in [1.165, 1.54) is 5.56 Å². The first-order chi connectivity index (χ1) is 8.76. The van der Waals surface area contributed by atoms with Crippen molar-refractivity contribution in [1.29, 1.82) is 0 Å². The lowest BCUT2D eigenvalue weighted by molar-refractivity contribution is -0.143. The Balaban J connectivity index is 2.61. The molecule has 0 aromatic heterocycles. The van der Waals surface area contributed by atoms with Crippen molar-refractivity contribution in [1.82, 2.24) is 4.90 Å². The molecule has 0 amide bonds. The van der Waals surface area contributed by atoms with Gasteiger partial charge in [-0.15, -0.1) is 0 Å². The zero-order valence-electron chi connectivity index (χ0n) is 11.1. The van der Waals surface area contributed by atoms with Crippen molar-refractivity contribution in [3.63, 3.8) is 0 Å². The number of nitrogens with zero attached hydrogens (tertiary/aromatic N) is 1. The zero-order valence-corrected chi connectivity index (χ0v) is 11.1. The Morgan fingerprint density at radius 3 is 2.61 bits per heavy atom. The van der Waals surface area contributed by atoms with E-state index in [9.17, 15) is 4.79 Å². The predicted molar refractivity (Wildman–Crippen MR) is 72.9 cm³/mol. The Bertz CT molecular complexity index is 373. The highest BCUT2D eigenvalue weighted by molar-refractivity contribution is 5.71. The second-order valence-electron chi connectivity index (χ2n) is 3.99. The molecule has 1 aromatic rings. The van der Waals surface area contributed by atoms with Crippen molar-refractivity contribution in [3.8, 4) is 0 Å². The molecule has 1 rings (SSSR count).